The minimum atomic E-state index is 0. The van der Waals surface area contributed by atoms with Crippen LogP contribution in [-0.2, 0) is 0 Å². The Morgan fingerprint density at radius 3 is 2.68 bits per heavy atom. The molecule has 1 aliphatic heterocycles. The average molecular weight is 436 g/mol. The number of hydrogen-bond donors (Lipinski definition) is 2. The van der Waals surface area contributed by atoms with Crippen molar-refractivity contribution in [2.45, 2.75) is 45.2 Å². The van der Waals surface area contributed by atoms with Gasteiger partial charge < -0.3 is 10.6 Å². The predicted octanol–water partition coefficient (Wildman–Crippen LogP) is 3.47. The first-order valence-electron chi connectivity index (χ1n) is 7.99. The van der Waals surface area contributed by atoms with Gasteiger partial charge in [-0.2, -0.15) is 0 Å². The molecule has 0 amide bonds. The van der Waals surface area contributed by atoms with Crippen LogP contribution in [-0.4, -0.2) is 43.6 Å². The van der Waals surface area contributed by atoms with Gasteiger partial charge in [-0.1, -0.05) is 13.0 Å². The van der Waals surface area contributed by atoms with Crippen LogP contribution in [0.4, 0.5) is 0 Å². The number of likely N-dealkylation sites (tertiary alicyclic amines) is 1. The summed E-state index contributed by atoms with van der Waals surface area (Å²) < 4.78 is 0. The van der Waals surface area contributed by atoms with Gasteiger partial charge in [-0.25, -0.2) is 0 Å². The molecule has 4 nitrogen and oxygen atoms in total. The lowest BCUT2D eigenvalue weighted by atomic mass is 10.2. The number of thiophene rings is 1. The Balaban J connectivity index is 0.00000242. The van der Waals surface area contributed by atoms with Gasteiger partial charge in [0.05, 0.1) is 6.04 Å². The second-order valence-corrected chi connectivity index (χ2v) is 6.66. The smallest absolute Gasteiger partial charge is 0.191 e. The largest absolute Gasteiger partial charge is 0.354 e. The molecule has 2 atom stereocenters. The zero-order chi connectivity index (χ0) is 15.1. The van der Waals surface area contributed by atoms with Crippen molar-refractivity contribution < 1.29 is 0 Å². The van der Waals surface area contributed by atoms with Crippen LogP contribution in [0.3, 0.4) is 0 Å². The van der Waals surface area contributed by atoms with Crippen LogP contribution in [0.15, 0.2) is 22.5 Å². The summed E-state index contributed by atoms with van der Waals surface area (Å²) in [6.45, 7) is 7.70. The van der Waals surface area contributed by atoms with Crippen LogP contribution in [0.25, 0.3) is 0 Å². The molecular formula is C16H29IN4S. The van der Waals surface area contributed by atoms with E-state index in [9.17, 15) is 0 Å². The minimum absolute atomic E-state index is 0. The van der Waals surface area contributed by atoms with E-state index in [1.807, 2.05) is 18.4 Å². The second kappa shape index (κ2) is 10.4. The van der Waals surface area contributed by atoms with Crippen molar-refractivity contribution >= 4 is 41.3 Å². The Labute approximate surface area is 155 Å². The van der Waals surface area contributed by atoms with Gasteiger partial charge in [-0.3, -0.25) is 9.89 Å². The zero-order valence-corrected chi connectivity index (χ0v) is 17.0. The maximum atomic E-state index is 4.34. The molecule has 0 saturated carbocycles. The van der Waals surface area contributed by atoms with Gasteiger partial charge in [-0.05, 0) is 50.7 Å². The van der Waals surface area contributed by atoms with Gasteiger partial charge in [0.25, 0.3) is 0 Å². The standard InChI is InChI=1S/C16H28N4S.HI/c1-4-13(2)19-16(17-3)18-12-14(15-8-7-11-21-15)20-9-5-6-10-20;/h7-8,11,13-14H,4-6,9-10,12H2,1-3H3,(H2,17,18,19);1H. The molecule has 2 unspecified atom stereocenters. The molecule has 22 heavy (non-hydrogen) atoms. The third kappa shape index (κ3) is 5.70. The monoisotopic (exact) mass is 436 g/mol. The fraction of sp³-hybridized carbons (Fsp3) is 0.688. The normalized spacial score (nSPS) is 18.6. The molecule has 1 saturated heterocycles. The zero-order valence-electron chi connectivity index (χ0n) is 13.8. The number of rotatable bonds is 6. The Morgan fingerprint density at radius 2 is 2.14 bits per heavy atom. The number of guanidine groups is 1. The molecule has 0 spiro atoms. The molecular weight excluding hydrogens is 407 g/mol. The van der Waals surface area contributed by atoms with E-state index in [4.69, 9.17) is 0 Å². The maximum Gasteiger partial charge on any atom is 0.191 e. The van der Waals surface area contributed by atoms with Crippen molar-refractivity contribution in [1.82, 2.24) is 15.5 Å². The number of halogens is 1. The van der Waals surface area contributed by atoms with E-state index in [1.54, 1.807) is 0 Å². The highest BCUT2D eigenvalue weighted by Crippen LogP contribution is 2.27. The van der Waals surface area contributed by atoms with Crippen molar-refractivity contribution in [2.24, 2.45) is 4.99 Å². The van der Waals surface area contributed by atoms with Gasteiger partial charge in [-0.15, -0.1) is 35.3 Å². The van der Waals surface area contributed by atoms with E-state index in [2.05, 4.69) is 51.9 Å². The molecule has 1 aliphatic rings. The number of aliphatic imine (C=N–C) groups is 1. The van der Waals surface area contributed by atoms with Crippen molar-refractivity contribution in [3.63, 3.8) is 0 Å². The van der Waals surface area contributed by atoms with Crippen LogP contribution in [0.2, 0.25) is 0 Å². The Kier molecular flexibility index (Phi) is 9.35. The van der Waals surface area contributed by atoms with Gasteiger partial charge >= 0.3 is 0 Å². The fourth-order valence-corrected chi connectivity index (χ4v) is 3.53. The number of hydrogen-bond acceptors (Lipinski definition) is 3. The molecule has 1 aromatic heterocycles. The fourth-order valence-electron chi connectivity index (χ4n) is 2.67. The third-order valence-corrected chi connectivity index (χ3v) is 5.11. The molecule has 0 aromatic carbocycles. The first-order valence-corrected chi connectivity index (χ1v) is 8.87. The summed E-state index contributed by atoms with van der Waals surface area (Å²) in [6.07, 6.45) is 3.74. The SMILES string of the molecule is CCC(C)NC(=NC)NCC(c1cccs1)N1CCCC1.I. The lowest BCUT2D eigenvalue weighted by Gasteiger charge is -2.28. The predicted molar refractivity (Wildman–Crippen MR) is 108 cm³/mol. The van der Waals surface area contributed by atoms with E-state index < -0.39 is 0 Å². The van der Waals surface area contributed by atoms with Crippen LogP contribution >= 0.6 is 35.3 Å². The lowest BCUT2D eigenvalue weighted by molar-refractivity contribution is 0.249. The van der Waals surface area contributed by atoms with Crippen molar-refractivity contribution in [1.29, 1.82) is 0 Å². The Hall–Kier alpha value is -0.340. The quantitative estimate of drug-likeness (QED) is 0.408. The third-order valence-electron chi connectivity index (χ3n) is 4.13. The first kappa shape index (κ1) is 19.7. The molecule has 126 valence electrons. The van der Waals surface area contributed by atoms with Crippen molar-refractivity contribution in [3.05, 3.63) is 22.4 Å². The van der Waals surface area contributed by atoms with E-state index in [1.165, 1.54) is 30.8 Å². The van der Waals surface area contributed by atoms with Crippen molar-refractivity contribution in [2.75, 3.05) is 26.7 Å². The Bertz CT molecular complexity index is 429. The topological polar surface area (TPSA) is 39.7 Å². The van der Waals surface area contributed by atoms with E-state index in [0.29, 0.717) is 12.1 Å². The molecule has 0 bridgehead atoms. The lowest BCUT2D eigenvalue weighted by Crippen LogP contribution is -2.45. The van der Waals surface area contributed by atoms with Crippen molar-refractivity contribution in [3.8, 4) is 0 Å². The highest BCUT2D eigenvalue weighted by Gasteiger charge is 2.24. The van der Waals surface area contributed by atoms with Gasteiger partial charge in [0.15, 0.2) is 5.96 Å². The highest BCUT2D eigenvalue weighted by molar-refractivity contribution is 14.0. The maximum absolute atomic E-state index is 4.34. The summed E-state index contributed by atoms with van der Waals surface area (Å²) in [6, 6.07) is 5.31. The number of nitrogens with zero attached hydrogens (tertiary/aromatic N) is 2. The van der Waals surface area contributed by atoms with Crippen LogP contribution < -0.4 is 10.6 Å². The molecule has 1 fully saturated rings. The van der Waals surface area contributed by atoms with Gasteiger partial charge in [0.2, 0.25) is 0 Å². The van der Waals surface area contributed by atoms with Gasteiger partial charge in [0, 0.05) is 24.5 Å². The summed E-state index contributed by atoms with van der Waals surface area (Å²) in [5.74, 6) is 0.908. The minimum Gasteiger partial charge on any atom is -0.354 e. The molecule has 2 N–H and O–H groups in total. The molecule has 0 aliphatic carbocycles. The molecule has 1 aromatic rings. The molecule has 2 heterocycles. The molecule has 2 rings (SSSR count). The summed E-state index contributed by atoms with van der Waals surface area (Å²) in [5, 5.41) is 9.11. The van der Waals surface area contributed by atoms with E-state index in [-0.39, 0.29) is 24.0 Å². The van der Waals surface area contributed by atoms with Crippen LogP contribution in [0.1, 0.15) is 44.0 Å². The second-order valence-electron chi connectivity index (χ2n) is 5.68. The summed E-state index contributed by atoms with van der Waals surface area (Å²) in [5.41, 5.74) is 0. The van der Waals surface area contributed by atoms with Crippen LogP contribution in [0, 0.1) is 0 Å². The molecule has 0 radical (unpaired) electrons. The first-order chi connectivity index (χ1) is 10.2. The summed E-state index contributed by atoms with van der Waals surface area (Å²) in [7, 11) is 1.84. The van der Waals surface area contributed by atoms with E-state index >= 15 is 0 Å². The Morgan fingerprint density at radius 1 is 1.41 bits per heavy atom. The summed E-state index contributed by atoms with van der Waals surface area (Å²) >= 11 is 1.85. The van der Waals surface area contributed by atoms with Gasteiger partial charge in [0.1, 0.15) is 0 Å². The molecule has 6 heteroatoms. The van der Waals surface area contributed by atoms with E-state index in [0.717, 1.165) is 18.9 Å². The average Bonchev–Trinajstić information content (AvgIpc) is 3.19. The highest BCUT2D eigenvalue weighted by atomic mass is 127. The number of nitrogens with one attached hydrogen (secondary N) is 2. The van der Waals surface area contributed by atoms with Crippen LogP contribution in [0.5, 0.6) is 0 Å². The summed E-state index contributed by atoms with van der Waals surface area (Å²) in [4.78, 5) is 8.38.